The van der Waals surface area contributed by atoms with Crippen molar-refractivity contribution in [1.82, 2.24) is 5.32 Å². The zero-order valence-electron chi connectivity index (χ0n) is 21.9. The van der Waals surface area contributed by atoms with E-state index in [0.29, 0.717) is 12.1 Å². The maximum atomic E-state index is 13.7. The van der Waals surface area contributed by atoms with Gasteiger partial charge in [-0.05, 0) is 54.7 Å². The first-order valence-electron chi connectivity index (χ1n) is 12.8. The van der Waals surface area contributed by atoms with Crippen LogP contribution in [0.3, 0.4) is 0 Å². The fourth-order valence-electron chi connectivity index (χ4n) is 6.12. The highest BCUT2D eigenvalue weighted by molar-refractivity contribution is 7.92. The summed E-state index contributed by atoms with van der Waals surface area (Å²) in [6.45, 7) is 5.42. The molecule has 2 aromatic carbocycles. The quantitative estimate of drug-likeness (QED) is 0.315. The molecular formula is C27H30ClF3N2O6S. The lowest BCUT2D eigenvalue weighted by Crippen LogP contribution is -2.71. The van der Waals surface area contributed by atoms with E-state index in [9.17, 15) is 41.4 Å². The minimum Gasteiger partial charge on any atom is -0.480 e. The van der Waals surface area contributed by atoms with Crippen LogP contribution in [0.15, 0.2) is 35.2 Å². The molecule has 2 aromatic rings. The zero-order chi connectivity index (χ0) is 29.7. The van der Waals surface area contributed by atoms with Crippen LogP contribution in [0.5, 0.6) is 0 Å². The number of hydrogen-bond acceptors (Lipinski definition) is 6. The minimum atomic E-state index is -4.08. The molecule has 40 heavy (non-hydrogen) atoms. The average molecular weight is 603 g/mol. The van der Waals surface area contributed by atoms with E-state index in [1.165, 1.54) is 12.1 Å². The van der Waals surface area contributed by atoms with Crippen LogP contribution in [0.2, 0.25) is 5.02 Å². The zero-order valence-corrected chi connectivity index (χ0v) is 23.5. The Morgan fingerprint density at radius 1 is 1.10 bits per heavy atom. The lowest BCUT2D eigenvalue weighted by Gasteiger charge is -2.63. The number of fused-ring (bicyclic) bond motifs is 2. The molecule has 0 radical (unpaired) electrons. The van der Waals surface area contributed by atoms with Gasteiger partial charge < -0.3 is 20.8 Å². The van der Waals surface area contributed by atoms with E-state index in [1.807, 2.05) is 6.92 Å². The molecule has 1 amide bonds. The SMILES string of the molecule is CC1C2CC(S(=O)(=O)c3cc(C(=O)Nc4cc(F)c(F)c(F)c4)ccc3Cl)CC1C2(O)CN[C@H](C(=O)O)C(C)C. The molecule has 0 spiro atoms. The Morgan fingerprint density at radius 2 is 1.68 bits per heavy atom. The number of amides is 1. The lowest BCUT2D eigenvalue weighted by atomic mass is 9.48. The van der Waals surface area contributed by atoms with E-state index in [1.54, 1.807) is 13.8 Å². The highest BCUT2D eigenvalue weighted by Gasteiger charge is 2.64. The second kappa shape index (κ2) is 11.0. The summed E-state index contributed by atoms with van der Waals surface area (Å²) in [6, 6.07) is 3.85. The maximum Gasteiger partial charge on any atom is 0.320 e. The topological polar surface area (TPSA) is 133 Å². The van der Waals surface area contributed by atoms with E-state index in [2.05, 4.69) is 10.6 Å². The molecule has 0 heterocycles. The smallest absolute Gasteiger partial charge is 0.320 e. The summed E-state index contributed by atoms with van der Waals surface area (Å²) in [7, 11) is -4.08. The van der Waals surface area contributed by atoms with Gasteiger partial charge in [-0.1, -0.05) is 32.4 Å². The predicted molar refractivity (Wildman–Crippen MR) is 141 cm³/mol. The molecule has 13 heteroatoms. The van der Waals surface area contributed by atoms with Crippen molar-refractivity contribution < 1.29 is 41.4 Å². The van der Waals surface area contributed by atoms with Crippen LogP contribution in [0, 0.1) is 41.1 Å². The Hall–Kier alpha value is -2.67. The van der Waals surface area contributed by atoms with Crippen LogP contribution in [0.25, 0.3) is 0 Å². The van der Waals surface area contributed by atoms with Gasteiger partial charge in [-0.15, -0.1) is 0 Å². The van der Waals surface area contributed by atoms with Crippen molar-refractivity contribution in [3.63, 3.8) is 0 Å². The summed E-state index contributed by atoms with van der Waals surface area (Å²) in [5.41, 5.74) is -1.78. The Balaban J connectivity index is 1.52. The van der Waals surface area contributed by atoms with Crippen LogP contribution < -0.4 is 10.6 Å². The molecule has 3 aliphatic carbocycles. The van der Waals surface area contributed by atoms with Crippen LogP contribution >= 0.6 is 11.6 Å². The Labute approximate surface area is 234 Å². The molecule has 2 unspecified atom stereocenters. The van der Waals surface area contributed by atoms with Gasteiger partial charge in [-0.2, -0.15) is 0 Å². The van der Waals surface area contributed by atoms with Crippen molar-refractivity contribution >= 4 is 39.0 Å². The third kappa shape index (κ3) is 5.34. The number of carboxylic acid groups (broad SMARTS) is 1. The number of anilines is 1. The van der Waals surface area contributed by atoms with Crippen molar-refractivity contribution in [2.24, 2.45) is 23.7 Å². The average Bonchev–Trinajstić information content (AvgIpc) is 2.87. The first-order valence-corrected chi connectivity index (χ1v) is 14.7. The molecule has 4 N–H and O–H groups in total. The number of benzene rings is 2. The summed E-state index contributed by atoms with van der Waals surface area (Å²) < 4.78 is 67.6. The molecule has 3 fully saturated rings. The number of hydrogen-bond donors (Lipinski definition) is 4. The molecule has 3 saturated carbocycles. The van der Waals surface area contributed by atoms with Gasteiger partial charge in [0.05, 0.1) is 20.8 Å². The Kier molecular flexibility index (Phi) is 8.30. The second-order valence-electron chi connectivity index (χ2n) is 11.0. The van der Waals surface area contributed by atoms with Crippen LogP contribution in [0.1, 0.15) is 44.0 Å². The molecule has 3 atom stereocenters. The first-order chi connectivity index (χ1) is 18.6. The molecule has 0 aliphatic heterocycles. The fraction of sp³-hybridized carbons (Fsp3) is 0.481. The van der Waals surface area contributed by atoms with Gasteiger partial charge in [0.25, 0.3) is 5.91 Å². The van der Waals surface area contributed by atoms with Gasteiger partial charge >= 0.3 is 5.97 Å². The molecule has 2 bridgehead atoms. The lowest BCUT2D eigenvalue weighted by molar-refractivity contribution is -0.214. The molecule has 0 aromatic heterocycles. The van der Waals surface area contributed by atoms with Gasteiger partial charge in [0.2, 0.25) is 0 Å². The fourth-order valence-corrected chi connectivity index (χ4v) is 8.47. The Morgan fingerprint density at radius 3 is 2.20 bits per heavy atom. The first kappa shape index (κ1) is 30.3. The molecular weight excluding hydrogens is 573 g/mol. The number of rotatable bonds is 9. The molecule has 5 rings (SSSR count). The van der Waals surface area contributed by atoms with E-state index in [0.717, 1.165) is 6.07 Å². The third-order valence-corrected chi connectivity index (χ3v) is 11.0. The number of carbonyl (C=O) groups is 2. The van der Waals surface area contributed by atoms with Gasteiger partial charge in [0.15, 0.2) is 27.3 Å². The highest BCUT2D eigenvalue weighted by Crippen LogP contribution is 2.59. The number of halogens is 4. The van der Waals surface area contributed by atoms with Crippen molar-refractivity contribution in [2.45, 2.75) is 55.4 Å². The molecule has 3 aliphatic rings. The minimum absolute atomic E-state index is 0.00950. The summed E-state index contributed by atoms with van der Waals surface area (Å²) >= 11 is 6.23. The van der Waals surface area contributed by atoms with Crippen LogP contribution in [-0.4, -0.2) is 53.9 Å². The van der Waals surface area contributed by atoms with Gasteiger partial charge in [0.1, 0.15) is 6.04 Å². The number of sulfone groups is 1. The highest BCUT2D eigenvalue weighted by atomic mass is 35.5. The van der Waals surface area contributed by atoms with Gasteiger partial charge in [-0.3, -0.25) is 9.59 Å². The number of carboxylic acids is 1. The van der Waals surface area contributed by atoms with Crippen molar-refractivity contribution in [2.75, 3.05) is 11.9 Å². The summed E-state index contributed by atoms with van der Waals surface area (Å²) in [6.07, 6.45) is 0.219. The van der Waals surface area contributed by atoms with Crippen LogP contribution in [0.4, 0.5) is 18.9 Å². The third-order valence-electron chi connectivity index (χ3n) is 8.31. The van der Waals surface area contributed by atoms with Crippen molar-refractivity contribution in [3.8, 4) is 0 Å². The number of aliphatic carboxylic acids is 1. The van der Waals surface area contributed by atoms with Crippen LogP contribution in [-0.2, 0) is 14.6 Å². The number of nitrogens with one attached hydrogen (secondary N) is 2. The van der Waals surface area contributed by atoms with Gasteiger partial charge in [-0.25, -0.2) is 21.6 Å². The summed E-state index contributed by atoms with van der Waals surface area (Å²) in [5.74, 6) is -7.65. The van der Waals surface area contributed by atoms with Crippen molar-refractivity contribution in [1.29, 1.82) is 0 Å². The second-order valence-corrected chi connectivity index (χ2v) is 13.6. The van der Waals surface area contributed by atoms with E-state index in [-0.39, 0.29) is 52.4 Å². The standard InChI is InChI=1S/C27H30ClF3N2O6S/c1-12(2)24(26(35)36)32-11-27(37)17-9-16(10-18(27)13(17)3)40(38,39)22-6-14(4-5-19(22)28)25(34)33-15-7-20(29)23(31)21(30)8-15/h4-8,12-13,16-18,24,32,37H,9-11H2,1-3H3,(H,33,34)(H,35,36)/t13?,16?,17?,18?,24-,27?/m0/s1. The summed E-state index contributed by atoms with van der Waals surface area (Å²) in [4.78, 5) is 24.0. The van der Waals surface area contributed by atoms with Gasteiger partial charge in [0, 0.05) is 29.9 Å². The maximum absolute atomic E-state index is 13.7. The van der Waals surface area contributed by atoms with E-state index < -0.39 is 67.9 Å². The predicted octanol–water partition coefficient (Wildman–Crippen LogP) is 4.26. The normalized spacial score (nSPS) is 26.7. The van der Waals surface area contributed by atoms with E-state index in [4.69, 9.17) is 11.6 Å². The Bertz CT molecular complexity index is 1420. The van der Waals surface area contributed by atoms with E-state index >= 15 is 0 Å². The monoisotopic (exact) mass is 602 g/mol. The molecule has 218 valence electrons. The largest absolute Gasteiger partial charge is 0.480 e. The summed E-state index contributed by atoms with van der Waals surface area (Å²) in [5, 5.41) is 24.9. The number of carbonyl (C=O) groups excluding carboxylic acids is 1. The molecule has 0 saturated heterocycles. The van der Waals surface area contributed by atoms with Crippen molar-refractivity contribution in [3.05, 3.63) is 58.4 Å². The molecule has 8 nitrogen and oxygen atoms in total. The number of aliphatic hydroxyl groups is 1.